The minimum absolute atomic E-state index is 0.0197. The molecule has 1 saturated heterocycles. The van der Waals surface area contributed by atoms with Crippen molar-refractivity contribution in [1.29, 1.82) is 0 Å². The first-order valence-electron chi connectivity index (χ1n) is 8.08. The van der Waals surface area contributed by atoms with Crippen LogP contribution in [0.5, 0.6) is 0 Å². The summed E-state index contributed by atoms with van der Waals surface area (Å²) in [5, 5.41) is 2.90. The van der Waals surface area contributed by atoms with Crippen molar-refractivity contribution in [2.45, 2.75) is 71.1 Å². The predicted octanol–water partition coefficient (Wildman–Crippen LogP) is 1.71. The molecule has 21 heavy (non-hydrogen) atoms. The van der Waals surface area contributed by atoms with Crippen molar-refractivity contribution < 1.29 is 14.3 Å². The van der Waals surface area contributed by atoms with Gasteiger partial charge < -0.3 is 15.0 Å². The van der Waals surface area contributed by atoms with Crippen molar-refractivity contribution in [3.8, 4) is 0 Å². The fourth-order valence-corrected chi connectivity index (χ4v) is 2.86. The number of hydrogen-bond acceptors (Lipinski definition) is 3. The molecule has 2 fully saturated rings. The highest BCUT2D eigenvalue weighted by Gasteiger charge is 2.47. The van der Waals surface area contributed by atoms with Crippen LogP contribution >= 0.6 is 0 Å². The molecule has 1 aliphatic carbocycles. The van der Waals surface area contributed by atoms with E-state index >= 15 is 0 Å². The lowest BCUT2D eigenvalue weighted by atomic mass is 10.0. The third kappa shape index (κ3) is 4.19. The zero-order valence-corrected chi connectivity index (χ0v) is 13.6. The van der Waals surface area contributed by atoms with Crippen molar-refractivity contribution in [2.75, 3.05) is 13.2 Å². The van der Waals surface area contributed by atoms with Crippen LogP contribution in [-0.4, -0.2) is 47.6 Å². The van der Waals surface area contributed by atoms with Crippen molar-refractivity contribution in [1.82, 2.24) is 10.2 Å². The predicted molar refractivity (Wildman–Crippen MR) is 80.8 cm³/mol. The van der Waals surface area contributed by atoms with Gasteiger partial charge in [-0.25, -0.2) is 0 Å². The fraction of sp³-hybridized carbons (Fsp3) is 0.875. The zero-order valence-electron chi connectivity index (χ0n) is 13.6. The van der Waals surface area contributed by atoms with Crippen LogP contribution in [0.1, 0.15) is 53.4 Å². The van der Waals surface area contributed by atoms with E-state index in [1.54, 1.807) is 4.90 Å². The van der Waals surface area contributed by atoms with Gasteiger partial charge in [0.25, 0.3) is 0 Å². The van der Waals surface area contributed by atoms with Crippen LogP contribution in [0.2, 0.25) is 0 Å². The Morgan fingerprint density at radius 3 is 2.48 bits per heavy atom. The van der Waals surface area contributed by atoms with Gasteiger partial charge in [0.15, 0.2) is 0 Å². The van der Waals surface area contributed by atoms with Gasteiger partial charge in [0, 0.05) is 6.54 Å². The monoisotopic (exact) mass is 296 g/mol. The number of ether oxygens (including phenoxy) is 1. The minimum Gasteiger partial charge on any atom is -0.374 e. The van der Waals surface area contributed by atoms with E-state index in [9.17, 15) is 9.59 Å². The van der Waals surface area contributed by atoms with E-state index in [-0.39, 0.29) is 29.5 Å². The average Bonchev–Trinajstić information content (AvgIpc) is 3.18. The highest BCUT2D eigenvalue weighted by molar-refractivity contribution is 5.97. The Hall–Kier alpha value is -1.10. The zero-order chi connectivity index (χ0) is 15.6. The summed E-state index contributed by atoms with van der Waals surface area (Å²) in [5.41, 5.74) is -0.223. The average molecular weight is 296 g/mol. The van der Waals surface area contributed by atoms with Gasteiger partial charge in [-0.15, -0.1) is 0 Å². The summed E-state index contributed by atoms with van der Waals surface area (Å²) in [6, 6.07) is -0.638. The van der Waals surface area contributed by atoms with Crippen molar-refractivity contribution in [2.24, 2.45) is 5.92 Å². The standard InChI is InChI=1S/C16H28N2O3/c1-5-6-12-15(20)18(9-10-21-16(2,3)4)13(11-7-8-11)14(19)17-12/h11-13H,5-10H2,1-4H3,(H,17,19). The summed E-state index contributed by atoms with van der Waals surface area (Å²) in [6.45, 7) is 9.00. The van der Waals surface area contributed by atoms with E-state index in [1.807, 2.05) is 27.7 Å². The second-order valence-electron chi connectivity index (χ2n) is 7.12. The molecule has 5 nitrogen and oxygen atoms in total. The number of nitrogens with one attached hydrogen (secondary N) is 1. The molecular formula is C16H28N2O3. The summed E-state index contributed by atoms with van der Waals surface area (Å²) in [6.07, 6.45) is 3.68. The molecule has 0 bridgehead atoms. The fourth-order valence-electron chi connectivity index (χ4n) is 2.86. The molecule has 2 unspecified atom stereocenters. The maximum Gasteiger partial charge on any atom is 0.245 e. The van der Waals surface area contributed by atoms with Crippen LogP contribution in [0.15, 0.2) is 0 Å². The van der Waals surface area contributed by atoms with Gasteiger partial charge in [0.05, 0.1) is 12.2 Å². The van der Waals surface area contributed by atoms with E-state index in [2.05, 4.69) is 5.32 Å². The number of hydrogen-bond donors (Lipinski definition) is 1. The first kappa shape index (κ1) is 16.3. The van der Waals surface area contributed by atoms with Crippen LogP contribution in [0.4, 0.5) is 0 Å². The summed E-state index contributed by atoms with van der Waals surface area (Å²) >= 11 is 0. The molecule has 0 radical (unpaired) electrons. The molecule has 2 atom stereocenters. The number of piperazine rings is 1. The molecule has 2 rings (SSSR count). The Morgan fingerprint density at radius 2 is 1.95 bits per heavy atom. The van der Waals surface area contributed by atoms with Crippen molar-refractivity contribution in [3.05, 3.63) is 0 Å². The number of carbonyl (C=O) groups excluding carboxylic acids is 2. The van der Waals surface area contributed by atoms with Gasteiger partial charge in [-0.3, -0.25) is 9.59 Å². The van der Waals surface area contributed by atoms with Gasteiger partial charge in [0.1, 0.15) is 12.1 Å². The maximum atomic E-state index is 12.6. The molecule has 0 spiro atoms. The molecule has 2 amide bonds. The molecule has 1 aliphatic heterocycles. The Kier molecular flexibility index (Phi) is 4.91. The molecule has 120 valence electrons. The van der Waals surface area contributed by atoms with Gasteiger partial charge in [0.2, 0.25) is 11.8 Å². The molecule has 2 aliphatic rings. The summed E-state index contributed by atoms with van der Waals surface area (Å²) in [4.78, 5) is 26.7. The molecule has 1 N–H and O–H groups in total. The Labute approximate surface area is 127 Å². The van der Waals surface area contributed by atoms with E-state index in [0.29, 0.717) is 25.5 Å². The number of carbonyl (C=O) groups is 2. The quantitative estimate of drug-likeness (QED) is 0.812. The van der Waals surface area contributed by atoms with Gasteiger partial charge in [-0.1, -0.05) is 13.3 Å². The lowest BCUT2D eigenvalue weighted by molar-refractivity contribution is -0.152. The molecule has 0 aromatic heterocycles. The molecule has 0 aromatic rings. The smallest absolute Gasteiger partial charge is 0.245 e. The molecule has 0 aromatic carbocycles. The summed E-state index contributed by atoms with van der Waals surface area (Å²) < 4.78 is 5.73. The van der Waals surface area contributed by atoms with Crippen molar-refractivity contribution in [3.63, 3.8) is 0 Å². The first-order chi connectivity index (χ1) is 9.83. The SMILES string of the molecule is CCCC1NC(=O)C(C2CC2)N(CCOC(C)(C)C)C1=O. The molecular weight excluding hydrogens is 268 g/mol. The highest BCUT2D eigenvalue weighted by Crippen LogP contribution is 2.37. The number of amides is 2. The summed E-state index contributed by atoms with van der Waals surface area (Å²) in [5.74, 6) is 0.420. The Balaban J connectivity index is 2.03. The highest BCUT2D eigenvalue weighted by atomic mass is 16.5. The molecule has 1 heterocycles. The maximum absolute atomic E-state index is 12.6. The van der Waals surface area contributed by atoms with Gasteiger partial charge >= 0.3 is 0 Å². The first-order valence-corrected chi connectivity index (χ1v) is 8.08. The second kappa shape index (κ2) is 6.34. The second-order valence-corrected chi connectivity index (χ2v) is 7.12. The summed E-state index contributed by atoms with van der Waals surface area (Å²) in [7, 11) is 0. The topological polar surface area (TPSA) is 58.6 Å². The number of rotatable bonds is 6. The molecule has 5 heteroatoms. The lowest BCUT2D eigenvalue weighted by Gasteiger charge is -2.39. The van der Waals surface area contributed by atoms with E-state index in [4.69, 9.17) is 4.74 Å². The Morgan fingerprint density at radius 1 is 1.29 bits per heavy atom. The van der Waals surface area contributed by atoms with Crippen LogP contribution in [0.25, 0.3) is 0 Å². The molecule has 1 saturated carbocycles. The Bertz CT molecular complexity index is 399. The normalized spacial score (nSPS) is 27.0. The van der Waals surface area contributed by atoms with Crippen LogP contribution in [-0.2, 0) is 14.3 Å². The van der Waals surface area contributed by atoms with Crippen LogP contribution in [0.3, 0.4) is 0 Å². The van der Waals surface area contributed by atoms with Gasteiger partial charge in [-0.05, 0) is 46.0 Å². The third-order valence-electron chi connectivity index (χ3n) is 4.02. The van der Waals surface area contributed by atoms with E-state index < -0.39 is 0 Å². The largest absolute Gasteiger partial charge is 0.374 e. The van der Waals surface area contributed by atoms with E-state index in [0.717, 1.165) is 19.3 Å². The number of nitrogens with zero attached hydrogens (tertiary/aromatic N) is 1. The van der Waals surface area contributed by atoms with Crippen molar-refractivity contribution >= 4 is 11.8 Å². The van der Waals surface area contributed by atoms with E-state index in [1.165, 1.54) is 0 Å². The lowest BCUT2D eigenvalue weighted by Crippen LogP contribution is -2.64. The third-order valence-corrected chi connectivity index (χ3v) is 4.02. The minimum atomic E-state index is -0.355. The van der Waals surface area contributed by atoms with Crippen LogP contribution < -0.4 is 5.32 Å². The van der Waals surface area contributed by atoms with Gasteiger partial charge in [-0.2, -0.15) is 0 Å². The van der Waals surface area contributed by atoms with Crippen LogP contribution in [0, 0.1) is 5.92 Å².